The van der Waals surface area contributed by atoms with E-state index in [9.17, 15) is 14.4 Å². The average molecular weight is 522 g/mol. The van der Waals surface area contributed by atoms with Crippen molar-refractivity contribution in [3.63, 3.8) is 0 Å². The zero-order valence-electron chi connectivity index (χ0n) is 15.9. The van der Waals surface area contributed by atoms with Gasteiger partial charge < -0.3 is 18.9 Å². The Balaban J connectivity index is 1.74. The molecule has 30 heavy (non-hydrogen) atoms. The molecule has 2 aromatic carbocycles. The third kappa shape index (κ3) is 3.43. The van der Waals surface area contributed by atoms with Crippen LogP contribution in [-0.2, 0) is 9.59 Å². The van der Waals surface area contributed by atoms with Crippen molar-refractivity contribution >= 4 is 52.2 Å². The van der Waals surface area contributed by atoms with Crippen LogP contribution < -0.4 is 29.2 Å². The first-order valence-corrected chi connectivity index (χ1v) is 9.73. The molecule has 1 N–H and O–H groups in total. The number of benzene rings is 2. The number of methoxy groups -OCH3 is 2. The van der Waals surface area contributed by atoms with Gasteiger partial charge in [0.15, 0.2) is 23.0 Å². The molecule has 2 aliphatic rings. The van der Waals surface area contributed by atoms with Gasteiger partial charge in [-0.15, -0.1) is 0 Å². The van der Waals surface area contributed by atoms with Crippen LogP contribution in [0.25, 0.3) is 6.08 Å². The Morgan fingerprint density at radius 3 is 2.57 bits per heavy atom. The minimum atomic E-state index is -0.845. The second-order valence-corrected chi connectivity index (χ2v) is 7.40. The second-order valence-electron chi connectivity index (χ2n) is 6.23. The zero-order chi connectivity index (χ0) is 21.4. The highest BCUT2D eigenvalue weighted by Crippen LogP contribution is 2.37. The van der Waals surface area contributed by atoms with Gasteiger partial charge in [-0.25, -0.2) is 9.69 Å². The number of rotatable bonds is 4. The summed E-state index contributed by atoms with van der Waals surface area (Å²) in [4.78, 5) is 38.7. The van der Waals surface area contributed by atoms with Gasteiger partial charge in [0.25, 0.3) is 11.8 Å². The SMILES string of the molecule is COc1cc(/C=C2\C(=O)NC(=O)N(c3ccc4c(c3)OCO4)C2=O)cc(I)c1OC. The lowest BCUT2D eigenvalue weighted by Crippen LogP contribution is -2.54. The molecular formula is C20H15IN2O7. The van der Waals surface area contributed by atoms with Crippen LogP contribution in [0, 0.1) is 3.57 Å². The number of hydrogen-bond donors (Lipinski definition) is 1. The number of halogens is 1. The molecule has 2 aromatic rings. The van der Waals surface area contributed by atoms with Crippen molar-refractivity contribution in [1.29, 1.82) is 0 Å². The van der Waals surface area contributed by atoms with E-state index in [0.717, 1.165) is 8.47 Å². The first kappa shape index (κ1) is 20.0. The molecule has 0 aliphatic carbocycles. The molecule has 0 spiro atoms. The Bertz CT molecular complexity index is 1110. The molecule has 4 rings (SSSR count). The predicted octanol–water partition coefficient (Wildman–Crippen LogP) is 2.70. The second kappa shape index (κ2) is 7.86. The highest BCUT2D eigenvalue weighted by atomic mass is 127. The molecule has 2 aliphatic heterocycles. The Kier molecular flexibility index (Phi) is 5.24. The van der Waals surface area contributed by atoms with Gasteiger partial charge in [0.05, 0.1) is 23.5 Å². The normalized spacial score (nSPS) is 16.7. The number of urea groups is 1. The highest BCUT2D eigenvalue weighted by molar-refractivity contribution is 14.1. The molecule has 0 bridgehead atoms. The van der Waals surface area contributed by atoms with Crippen LogP contribution >= 0.6 is 22.6 Å². The molecule has 4 amide bonds. The van der Waals surface area contributed by atoms with Crippen LogP contribution in [0.15, 0.2) is 35.9 Å². The summed E-state index contributed by atoms with van der Waals surface area (Å²) < 4.78 is 21.9. The summed E-state index contributed by atoms with van der Waals surface area (Å²) in [5, 5.41) is 2.19. The first-order chi connectivity index (χ1) is 14.4. The third-order valence-electron chi connectivity index (χ3n) is 4.48. The maximum Gasteiger partial charge on any atom is 0.335 e. The number of nitrogens with one attached hydrogen (secondary N) is 1. The van der Waals surface area contributed by atoms with E-state index in [1.54, 1.807) is 18.2 Å². The van der Waals surface area contributed by atoms with Crippen LogP contribution in [0.4, 0.5) is 10.5 Å². The van der Waals surface area contributed by atoms with Crippen molar-refractivity contribution in [1.82, 2.24) is 5.32 Å². The Morgan fingerprint density at radius 1 is 1.07 bits per heavy atom. The largest absolute Gasteiger partial charge is 0.493 e. The van der Waals surface area contributed by atoms with Gasteiger partial charge in [-0.1, -0.05) is 0 Å². The molecule has 0 unspecified atom stereocenters. The maximum atomic E-state index is 13.1. The van der Waals surface area contributed by atoms with E-state index in [4.69, 9.17) is 18.9 Å². The molecule has 0 radical (unpaired) electrons. The lowest BCUT2D eigenvalue weighted by atomic mass is 10.1. The van der Waals surface area contributed by atoms with E-state index in [2.05, 4.69) is 27.9 Å². The number of hydrogen-bond acceptors (Lipinski definition) is 7. The van der Waals surface area contributed by atoms with E-state index in [1.165, 1.54) is 32.4 Å². The van der Waals surface area contributed by atoms with Gasteiger partial charge in [0.1, 0.15) is 5.57 Å². The van der Waals surface area contributed by atoms with Crippen molar-refractivity contribution in [2.45, 2.75) is 0 Å². The number of ether oxygens (including phenoxy) is 4. The lowest BCUT2D eigenvalue weighted by Gasteiger charge is -2.26. The topological polar surface area (TPSA) is 103 Å². The van der Waals surface area contributed by atoms with E-state index in [-0.39, 0.29) is 18.1 Å². The summed E-state index contributed by atoms with van der Waals surface area (Å²) in [6.07, 6.45) is 1.40. The molecule has 10 heteroatoms. The number of carbonyl (C=O) groups excluding carboxylic acids is 3. The van der Waals surface area contributed by atoms with Crippen molar-refractivity contribution in [3.05, 3.63) is 45.0 Å². The summed E-state index contributed by atoms with van der Waals surface area (Å²) in [5.74, 6) is 0.361. The van der Waals surface area contributed by atoms with Crippen molar-refractivity contribution < 1.29 is 33.3 Å². The minimum absolute atomic E-state index is 0.0561. The summed E-state index contributed by atoms with van der Waals surface area (Å²) >= 11 is 2.06. The van der Waals surface area contributed by atoms with Crippen LogP contribution in [0.5, 0.6) is 23.0 Å². The third-order valence-corrected chi connectivity index (χ3v) is 5.28. The number of carbonyl (C=O) groups is 3. The monoisotopic (exact) mass is 522 g/mol. The maximum absolute atomic E-state index is 13.1. The predicted molar refractivity (Wildman–Crippen MR) is 114 cm³/mol. The van der Waals surface area contributed by atoms with Gasteiger partial charge in [0, 0.05) is 6.07 Å². The Labute approximate surface area is 184 Å². The van der Waals surface area contributed by atoms with E-state index >= 15 is 0 Å². The van der Waals surface area contributed by atoms with E-state index in [0.29, 0.717) is 28.6 Å². The summed E-state index contributed by atoms with van der Waals surface area (Å²) in [7, 11) is 3.01. The van der Waals surface area contributed by atoms with Gasteiger partial charge >= 0.3 is 6.03 Å². The molecule has 0 aromatic heterocycles. The quantitative estimate of drug-likeness (QED) is 0.374. The van der Waals surface area contributed by atoms with Crippen molar-refractivity contribution in [2.24, 2.45) is 0 Å². The zero-order valence-corrected chi connectivity index (χ0v) is 18.0. The lowest BCUT2D eigenvalue weighted by molar-refractivity contribution is -0.122. The van der Waals surface area contributed by atoms with E-state index < -0.39 is 17.8 Å². The number of imide groups is 2. The summed E-state index contributed by atoms with van der Waals surface area (Å²) in [6.45, 7) is 0.0561. The minimum Gasteiger partial charge on any atom is -0.493 e. The molecule has 2 heterocycles. The van der Waals surface area contributed by atoms with Crippen LogP contribution in [0.3, 0.4) is 0 Å². The average Bonchev–Trinajstić information content (AvgIpc) is 3.18. The fraction of sp³-hybridized carbons (Fsp3) is 0.150. The number of barbiturate groups is 1. The van der Waals surface area contributed by atoms with Crippen LogP contribution in [0.1, 0.15) is 5.56 Å². The van der Waals surface area contributed by atoms with E-state index in [1.807, 2.05) is 0 Å². The molecule has 0 saturated carbocycles. The van der Waals surface area contributed by atoms with Crippen LogP contribution in [-0.4, -0.2) is 38.9 Å². The summed E-state index contributed by atoms with van der Waals surface area (Å²) in [6, 6.07) is 7.16. The molecule has 9 nitrogen and oxygen atoms in total. The van der Waals surface area contributed by atoms with Crippen molar-refractivity contribution in [3.8, 4) is 23.0 Å². The highest BCUT2D eigenvalue weighted by Gasteiger charge is 2.37. The van der Waals surface area contributed by atoms with Gasteiger partial charge in [-0.3, -0.25) is 14.9 Å². The molecule has 154 valence electrons. The smallest absolute Gasteiger partial charge is 0.335 e. The van der Waals surface area contributed by atoms with Gasteiger partial charge in [0.2, 0.25) is 6.79 Å². The first-order valence-electron chi connectivity index (χ1n) is 8.65. The number of nitrogens with zero attached hydrogens (tertiary/aromatic N) is 1. The molecular weight excluding hydrogens is 507 g/mol. The number of amides is 4. The molecule has 1 saturated heterocycles. The van der Waals surface area contributed by atoms with Crippen molar-refractivity contribution in [2.75, 3.05) is 25.9 Å². The molecule has 1 fully saturated rings. The van der Waals surface area contributed by atoms with Gasteiger partial charge in [-0.05, 0) is 58.5 Å². The fourth-order valence-corrected chi connectivity index (χ4v) is 3.95. The summed E-state index contributed by atoms with van der Waals surface area (Å²) in [5.41, 5.74) is 0.591. The number of fused-ring (bicyclic) bond motifs is 1. The molecule has 0 atom stereocenters. The Morgan fingerprint density at radius 2 is 1.83 bits per heavy atom. The number of anilines is 1. The standard InChI is InChI=1S/C20H15IN2O7/c1-27-16-7-10(6-13(21)17(16)28-2)5-12-18(24)22-20(26)23(19(12)25)11-3-4-14-15(8-11)30-9-29-14/h3-8H,9H2,1-2H3,(H,22,24,26)/b12-5+. The van der Waals surface area contributed by atoms with Gasteiger partial charge in [-0.2, -0.15) is 0 Å². The van der Waals surface area contributed by atoms with Crippen LogP contribution in [0.2, 0.25) is 0 Å². The fourth-order valence-electron chi connectivity index (χ4n) is 3.10. The Hall–Kier alpha value is -3.28.